The van der Waals surface area contributed by atoms with Crippen LogP contribution >= 0.6 is 21.6 Å². The second-order valence-corrected chi connectivity index (χ2v) is 11.6. The molecule has 0 bridgehead atoms. The fraction of sp³-hybridized carbons (Fsp3) is 0.207. The van der Waals surface area contributed by atoms with Gasteiger partial charge in [-0.2, -0.15) is 0 Å². The third-order valence-corrected chi connectivity index (χ3v) is 9.00. The number of pyridine rings is 2. The van der Waals surface area contributed by atoms with Crippen molar-refractivity contribution in [3.8, 4) is 23.0 Å². The van der Waals surface area contributed by atoms with Crippen LogP contribution in [0.15, 0.2) is 70.6 Å². The number of methoxy groups -OCH3 is 1. The van der Waals surface area contributed by atoms with Gasteiger partial charge in [0.2, 0.25) is 6.79 Å². The van der Waals surface area contributed by atoms with E-state index in [4.69, 9.17) is 18.9 Å². The predicted octanol–water partition coefficient (Wildman–Crippen LogP) is 5.85. The molecule has 0 unspecified atom stereocenters. The van der Waals surface area contributed by atoms with E-state index in [9.17, 15) is 9.59 Å². The van der Waals surface area contributed by atoms with E-state index in [1.54, 1.807) is 58.6 Å². The maximum absolute atomic E-state index is 13.6. The molecule has 0 fully saturated rings. The molecule has 0 radical (unpaired) electrons. The van der Waals surface area contributed by atoms with Crippen molar-refractivity contribution < 1.29 is 23.7 Å². The highest BCUT2D eigenvalue weighted by atomic mass is 33.1. The Morgan fingerprint density at radius 1 is 1.02 bits per heavy atom. The van der Waals surface area contributed by atoms with E-state index in [-0.39, 0.29) is 18.1 Å². The van der Waals surface area contributed by atoms with Gasteiger partial charge in [0, 0.05) is 48.7 Å². The third-order valence-electron chi connectivity index (χ3n) is 6.75. The highest BCUT2D eigenvalue weighted by molar-refractivity contribution is 8.76. The summed E-state index contributed by atoms with van der Waals surface area (Å²) in [4.78, 5) is 32.3. The average Bonchev–Trinajstić information content (AvgIpc) is 3.44. The Bertz CT molecular complexity index is 1830. The van der Waals surface area contributed by atoms with Crippen molar-refractivity contribution in [2.75, 3.05) is 33.2 Å². The van der Waals surface area contributed by atoms with Crippen LogP contribution in [0.4, 0.5) is 4.79 Å². The lowest BCUT2D eigenvalue weighted by molar-refractivity contribution is 0.164. The van der Waals surface area contributed by atoms with Gasteiger partial charge in [0.25, 0.3) is 5.56 Å². The Balaban J connectivity index is 1.30. The molecule has 1 amide bonds. The minimum Gasteiger partial charge on any atom is -0.493 e. The van der Waals surface area contributed by atoms with Gasteiger partial charge in [0.05, 0.1) is 18.0 Å². The van der Waals surface area contributed by atoms with Gasteiger partial charge in [-0.3, -0.25) is 4.79 Å². The molecule has 6 rings (SSSR count). The zero-order chi connectivity index (χ0) is 27.8. The number of aromatic nitrogens is 2. The van der Waals surface area contributed by atoms with E-state index < -0.39 is 6.09 Å². The van der Waals surface area contributed by atoms with E-state index in [1.807, 2.05) is 42.5 Å². The molecular weight excluding hydrogens is 550 g/mol. The van der Waals surface area contributed by atoms with Gasteiger partial charge in [-0.05, 0) is 52.6 Å². The van der Waals surface area contributed by atoms with Crippen molar-refractivity contribution >= 4 is 60.1 Å². The number of aryl methyl sites for hydroxylation is 1. The summed E-state index contributed by atoms with van der Waals surface area (Å²) in [6, 6.07) is 16.9. The largest absolute Gasteiger partial charge is 0.493 e. The quantitative estimate of drug-likeness (QED) is 0.135. The summed E-state index contributed by atoms with van der Waals surface area (Å²) < 4.78 is 24.0. The normalized spacial score (nSPS) is 12.3. The molecule has 0 atom stereocenters. The maximum Gasteiger partial charge on any atom is 0.415 e. The van der Waals surface area contributed by atoms with Crippen LogP contribution in [0.25, 0.3) is 32.4 Å². The number of nitrogens with zero attached hydrogens (tertiary/aromatic N) is 3. The summed E-state index contributed by atoms with van der Waals surface area (Å²) in [6.07, 6.45) is 1.21. The molecule has 3 aromatic carbocycles. The molecule has 204 valence electrons. The van der Waals surface area contributed by atoms with Crippen LogP contribution in [0.5, 0.6) is 23.0 Å². The summed E-state index contributed by atoms with van der Waals surface area (Å²) in [5.74, 6) is 2.55. The zero-order valence-corrected chi connectivity index (χ0v) is 23.6. The Kier molecular flexibility index (Phi) is 7.07. The predicted molar refractivity (Wildman–Crippen MR) is 158 cm³/mol. The van der Waals surface area contributed by atoms with Crippen molar-refractivity contribution in [3.05, 3.63) is 71.1 Å². The van der Waals surface area contributed by atoms with Gasteiger partial charge in [-0.1, -0.05) is 29.0 Å². The number of fused-ring (bicyclic) bond motifs is 6. The monoisotopic (exact) mass is 575 g/mol. The van der Waals surface area contributed by atoms with E-state index in [1.165, 1.54) is 12.0 Å². The lowest BCUT2D eigenvalue weighted by Gasteiger charge is -2.18. The number of rotatable bonds is 7. The van der Waals surface area contributed by atoms with E-state index in [0.29, 0.717) is 40.3 Å². The number of carbonyl (C=O) groups excluding carboxylic acids is 1. The van der Waals surface area contributed by atoms with Crippen molar-refractivity contribution in [3.63, 3.8) is 0 Å². The topological polar surface area (TPSA) is 92.1 Å². The molecular formula is C29H25N3O6S2. The van der Waals surface area contributed by atoms with Gasteiger partial charge in [-0.15, -0.1) is 0 Å². The first kappa shape index (κ1) is 26.1. The molecule has 3 heterocycles. The lowest BCUT2D eigenvalue weighted by Crippen LogP contribution is -2.31. The molecule has 1 aliphatic heterocycles. The Hall–Kier alpha value is -4.09. The molecule has 5 aromatic rings. The summed E-state index contributed by atoms with van der Waals surface area (Å²) in [5, 5.41) is 4.70. The Morgan fingerprint density at radius 2 is 1.82 bits per heavy atom. The Labute approximate surface area is 237 Å². The first-order chi connectivity index (χ1) is 19.4. The molecule has 11 heteroatoms. The number of amides is 1. The summed E-state index contributed by atoms with van der Waals surface area (Å²) >= 11 is 0. The smallest absolute Gasteiger partial charge is 0.415 e. The van der Waals surface area contributed by atoms with Crippen LogP contribution in [0.1, 0.15) is 0 Å². The number of hydrogen-bond acceptors (Lipinski definition) is 9. The highest BCUT2D eigenvalue weighted by Crippen LogP contribution is 2.41. The summed E-state index contributed by atoms with van der Waals surface area (Å²) in [7, 11) is 8.07. The first-order valence-corrected chi connectivity index (χ1v) is 14.8. The van der Waals surface area contributed by atoms with Crippen LogP contribution in [-0.2, 0) is 7.05 Å². The molecule has 2 aromatic heterocycles. The third kappa shape index (κ3) is 4.75. The van der Waals surface area contributed by atoms with Crippen molar-refractivity contribution in [2.45, 2.75) is 5.03 Å². The minimum absolute atomic E-state index is 0.169. The number of hydrogen-bond donors (Lipinski definition) is 0. The van der Waals surface area contributed by atoms with E-state index >= 15 is 0 Å². The standard InChI is InChI=1S/C29H25N3O6S2/c1-31(10-11-39-40-26-6-4-5-9-30-26)29(34)38-25-15-21-20(14-22(25)35-3)18-8-7-17-12-23-24(37-16-36-23)13-19(17)27(18)32(2)28(21)33/h4-9,12-15H,10-11,16H2,1-3H3. The second kappa shape index (κ2) is 10.8. The van der Waals surface area contributed by atoms with Crippen LogP contribution in [0.2, 0.25) is 0 Å². The number of carbonyl (C=O) groups is 1. The minimum atomic E-state index is -0.541. The van der Waals surface area contributed by atoms with Gasteiger partial charge in [0.15, 0.2) is 23.0 Å². The Morgan fingerprint density at radius 3 is 2.60 bits per heavy atom. The number of ether oxygens (including phenoxy) is 4. The van der Waals surface area contributed by atoms with Crippen molar-refractivity contribution in [1.82, 2.24) is 14.5 Å². The van der Waals surface area contributed by atoms with Crippen molar-refractivity contribution in [1.29, 1.82) is 0 Å². The van der Waals surface area contributed by atoms with Crippen LogP contribution in [-0.4, -0.2) is 53.8 Å². The number of benzene rings is 3. The average molecular weight is 576 g/mol. The molecule has 0 saturated carbocycles. The summed E-state index contributed by atoms with van der Waals surface area (Å²) in [6.45, 7) is 0.638. The van der Waals surface area contributed by atoms with Gasteiger partial charge >= 0.3 is 6.09 Å². The van der Waals surface area contributed by atoms with Gasteiger partial charge in [0.1, 0.15) is 5.03 Å². The first-order valence-electron chi connectivity index (χ1n) is 12.4. The molecule has 0 N–H and O–H groups in total. The fourth-order valence-corrected chi connectivity index (χ4v) is 6.62. The molecule has 1 aliphatic rings. The van der Waals surface area contributed by atoms with E-state index in [0.717, 1.165) is 26.7 Å². The SMILES string of the molecule is COc1cc2c(cc1OC(=O)N(C)CCSSc1ccccn1)c(=O)n(C)c1c3cc4c(cc3ccc21)OCO4. The summed E-state index contributed by atoms with van der Waals surface area (Å²) in [5.41, 5.74) is 0.546. The van der Waals surface area contributed by atoms with Crippen LogP contribution in [0, 0.1) is 0 Å². The van der Waals surface area contributed by atoms with Crippen LogP contribution in [0.3, 0.4) is 0 Å². The lowest BCUT2D eigenvalue weighted by atomic mass is 10.00. The van der Waals surface area contributed by atoms with E-state index in [2.05, 4.69) is 4.98 Å². The molecule has 0 spiro atoms. The molecule has 40 heavy (non-hydrogen) atoms. The highest BCUT2D eigenvalue weighted by Gasteiger charge is 2.21. The van der Waals surface area contributed by atoms with Crippen LogP contribution < -0.4 is 24.5 Å². The van der Waals surface area contributed by atoms with Crippen molar-refractivity contribution in [2.24, 2.45) is 7.05 Å². The van der Waals surface area contributed by atoms with Gasteiger partial charge in [-0.25, -0.2) is 9.78 Å². The fourth-order valence-electron chi connectivity index (χ4n) is 4.69. The molecule has 0 aliphatic carbocycles. The zero-order valence-electron chi connectivity index (χ0n) is 22.0. The van der Waals surface area contributed by atoms with Gasteiger partial charge < -0.3 is 28.4 Å². The molecule has 9 nitrogen and oxygen atoms in total. The second-order valence-electron chi connectivity index (χ2n) is 9.16. The maximum atomic E-state index is 13.6. The molecule has 0 saturated heterocycles.